The summed E-state index contributed by atoms with van der Waals surface area (Å²) in [5.74, 6) is 0.452. The second-order valence-electron chi connectivity index (χ2n) is 9.49. The molecule has 1 aliphatic heterocycles. The summed E-state index contributed by atoms with van der Waals surface area (Å²) in [5, 5.41) is 0. The van der Waals surface area contributed by atoms with Crippen LogP contribution in [-0.4, -0.2) is 52.9 Å². The minimum atomic E-state index is -0.475. The van der Waals surface area contributed by atoms with E-state index in [4.69, 9.17) is 9.73 Å². The van der Waals surface area contributed by atoms with E-state index in [2.05, 4.69) is 65.5 Å². The molecule has 0 aromatic heterocycles. The number of nitrogens with zero attached hydrogens (tertiary/aromatic N) is 3. The molecule has 1 saturated heterocycles. The number of carbonyl (C=O) groups excluding carboxylic acids is 1. The molecular weight excluding hydrogens is 386 g/mol. The molecule has 1 rings (SSSR count). The molecule has 0 radical (unpaired) electrons. The van der Waals surface area contributed by atoms with Crippen LogP contribution >= 0.6 is 0 Å². The van der Waals surface area contributed by atoms with Crippen LogP contribution in [0.4, 0.5) is 4.79 Å². The Morgan fingerprint density at radius 3 is 2.35 bits per heavy atom. The highest BCUT2D eigenvalue weighted by Gasteiger charge is 2.31. The summed E-state index contributed by atoms with van der Waals surface area (Å²) in [6, 6.07) is 0.199. The van der Waals surface area contributed by atoms with Gasteiger partial charge in [-0.05, 0) is 72.8 Å². The lowest BCUT2D eigenvalue weighted by Gasteiger charge is -2.43. The first kappa shape index (κ1) is 27.0. The number of piperazine rings is 1. The zero-order chi connectivity index (χ0) is 23.8. The molecule has 1 heterocycles. The van der Waals surface area contributed by atoms with E-state index >= 15 is 0 Å². The minimum Gasteiger partial charge on any atom is -0.444 e. The highest BCUT2D eigenvalue weighted by molar-refractivity contribution is 6.03. The van der Waals surface area contributed by atoms with Gasteiger partial charge in [0.15, 0.2) is 0 Å². The van der Waals surface area contributed by atoms with Crippen LogP contribution in [0.5, 0.6) is 0 Å². The Kier molecular flexibility index (Phi) is 10.5. The van der Waals surface area contributed by atoms with Crippen LogP contribution in [0.1, 0.15) is 82.1 Å². The number of aliphatic imine (C=N–C) groups is 1. The molecule has 1 amide bonds. The number of rotatable bonds is 7. The van der Waals surface area contributed by atoms with Gasteiger partial charge in [0, 0.05) is 48.9 Å². The lowest BCUT2D eigenvalue weighted by atomic mass is 9.87. The first-order valence-corrected chi connectivity index (χ1v) is 11.8. The Bertz CT molecular complexity index is 725. The molecule has 0 aliphatic carbocycles. The van der Waals surface area contributed by atoms with Gasteiger partial charge < -0.3 is 14.5 Å². The first-order valence-electron chi connectivity index (χ1n) is 11.8. The zero-order valence-corrected chi connectivity index (χ0v) is 21.6. The fourth-order valence-corrected chi connectivity index (χ4v) is 4.00. The van der Waals surface area contributed by atoms with Crippen molar-refractivity contribution in [3.05, 3.63) is 35.2 Å². The molecule has 1 fully saturated rings. The van der Waals surface area contributed by atoms with Crippen molar-refractivity contribution in [1.29, 1.82) is 0 Å². The quantitative estimate of drug-likeness (QED) is 0.338. The maximum absolute atomic E-state index is 12.5. The number of allylic oxidation sites excluding steroid dienone is 5. The largest absolute Gasteiger partial charge is 0.444 e. The maximum Gasteiger partial charge on any atom is 0.410 e. The molecule has 1 aliphatic rings. The molecule has 176 valence electrons. The molecule has 5 nitrogen and oxygen atoms in total. The van der Waals surface area contributed by atoms with Crippen LogP contribution in [0, 0.1) is 5.92 Å². The Balaban J connectivity index is 3.26. The summed E-state index contributed by atoms with van der Waals surface area (Å²) in [7, 11) is 0. The van der Waals surface area contributed by atoms with Crippen LogP contribution in [0.25, 0.3) is 0 Å². The molecule has 5 heteroatoms. The van der Waals surface area contributed by atoms with Crippen molar-refractivity contribution in [1.82, 2.24) is 9.80 Å². The maximum atomic E-state index is 12.5. The number of carbonyl (C=O) groups is 1. The Morgan fingerprint density at radius 1 is 1.23 bits per heavy atom. The van der Waals surface area contributed by atoms with Gasteiger partial charge in [-0.1, -0.05) is 32.9 Å². The van der Waals surface area contributed by atoms with E-state index in [9.17, 15) is 4.79 Å². The van der Waals surface area contributed by atoms with Crippen molar-refractivity contribution in [2.24, 2.45) is 10.9 Å². The van der Waals surface area contributed by atoms with E-state index in [1.165, 1.54) is 16.8 Å². The van der Waals surface area contributed by atoms with Crippen LogP contribution < -0.4 is 0 Å². The number of hydrogen-bond acceptors (Lipinski definition) is 4. The average Bonchev–Trinajstić information content (AvgIpc) is 2.69. The summed E-state index contributed by atoms with van der Waals surface area (Å²) < 4.78 is 5.58. The number of ether oxygens (including phenoxy) is 1. The summed E-state index contributed by atoms with van der Waals surface area (Å²) in [6.45, 7) is 23.0. The molecule has 1 unspecified atom stereocenters. The molecule has 0 aromatic rings. The van der Waals surface area contributed by atoms with Gasteiger partial charge in [-0.3, -0.25) is 4.99 Å². The van der Waals surface area contributed by atoms with Crippen molar-refractivity contribution < 1.29 is 9.53 Å². The Morgan fingerprint density at radius 2 is 1.87 bits per heavy atom. The van der Waals surface area contributed by atoms with E-state index in [1.54, 1.807) is 0 Å². The third-order valence-corrected chi connectivity index (χ3v) is 5.79. The third kappa shape index (κ3) is 7.86. The molecule has 31 heavy (non-hydrogen) atoms. The van der Waals surface area contributed by atoms with Gasteiger partial charge in [-0.25, -0.2) is 4.79 Å². The van der Waals surface area contributed by atoms with E-state index < -0.39 is 5.60 Å². The van der Waals surface area contributed by atoms with Gasteiger partial charge in [-0.2, -0.15) is 0 Å². The summed E-state index contributed by atoms with van der Waals surface area (Å²) in [6.07, 6.45) is 8.05. The minimum absolute atomic E-state index is 0.199. The topological polar surface area (TPSA) is 45.1 Å². The predicted molar refractivity (Wildman–Crippen MR) is 132 cm³/mol. The fraction of sp³-hybridized carbons (Fsp3) is 0.692. The van der Waals surface area contributed by atoms with E-state index in [1.807, 2.05) is 31.9 Å². The molecule has 0 spiro atoms. The molecule has 2 atom stereocenters. The highest BCUT2D eigenvalue weighted by atomic mass is 16.6. The summed E-state index contributed by atoms with van der Waals surface area (Å²) in [4.78, 5) is 21.5. The SMILES string of the molecule is C\C=C(C(/C(C)=N/C=C/CC)=C(/C)N1CCN(C(=O)OC(C)(C)C)C[C@@H]1C)\C(C)CC. The van der Waals surface area contributed by atoms with E-state index in [-0.39, 0.29) is 12.1 Å². The van der Waals surface area contributed by atoms with Crippen LogP contribution in [0.15, 0.2) is 40.2 Å². The van der Waals surface area contributed by atoms with Crippen LogP contribution in [0.2, 0.25) is 0 Å². The number of hydrogen-bond donors (Lipinski definition) is 0. The molecule has 0 N–H and O–H groups in total. The van der Waals surface area contributed by atoms with Crippen molar-refractivity contribution >= 4 is 11.8 Å². The van der Waals surface area contributed by atoms with Crippen molar-refractivity contribution in [3.63, 3.8) is 0 Å². The monoisotopic (exact) mass is 431 g/mol. The van der Waals surface area contributed by atoms with Crippen LogP contribution in [-0.2, 0) is 4.74 Å². The molecule has 0 bridgehead atoms. The zero-order valence-electron chi connectivity index (χ0n) is 21.6. The second kappa shape index (κ2) is 12.1. The van der Waals surface area contributed by atoms with Gasteiger partial charge in [0.1, 0.15) is 5.60 Å². The van der Waals surface area contributed by atoms with Gasteiger partial charge >= 0.3 is 6.09 Å². The first-order chi connectivity index (χ1) is 14.5. The van der Waals surface area contributed by atoms with Crippen molar-refractivity contribution in [2.75, 3.05) is 19.6 Å². The Hall–Kier alpha value is -2.04. The molecule has 0 aromatic carbocycles. The number of amides is 1. The normalized spacial score (nSPS) is 20.8. The van der Waals surface area contributed by atoms with Gasteiger partial charge in [0.05, 0.1) is 0 Å². The van der Waals surface area contributed by atoms with Gasteiger partial charge in [0.25, 0.3) is 0 Å². The summed E-state index contributed by atoms with van der Waals surface area (Å²) >= 11 is 0. The van der Waals surface area contributed by atoms with Crippen molar-refractivity contribution in [2.45, 2.75) is 93.7 Å². The highest BCUT2D eigenvalue weighted by Crippen LogP contribution is 2.30. The lowest BCUT2D eigenvalue weighted by Crippen LogP contribution is -2.54. The lowest BCUT2D eigenvalue weighted by molar-refractivity contribution is 0.0101. The van der Waals surface area contributed by atoms with Gasteiger partial charge in [-0.15, -0.1) is 0 Å². The third-order valence-electron chi connectivity index (χ3n) is 5.79. The molecule has 0 saturated carbocycles. The standard InChI is InChI=1S/C26H45N3O2/c1-11-14-15-27-21(6)24(23(13-3)19(4)12-2)22(7)29-17-16-28(18-20(29)5)25(30)31-26(8,9)10/h13-15,19-20H,11-12,16-18H2,1-10H3/b15-14+,23-13-,24-22-,27-21+/t19?,20-/m0/s1. The smallest absolute Gasteiger partial charge is 0.410 e. The average molecular weight is 432 g/mol. The van der Waals surface area contributed by atoms with E-state index in [0.29, 0.717) is 19.0 Å². The van der Waals surface area contributed by atoms with Gasteiger partial charge in [0.2, 0.25) is 0 Å². The van der Waals surface area contributed by atoms with Crippen LogP contribution in [0.3, 0.4) is 0 Å². The second-order valence-corrected chi connectivity index (χ2v) is 9.49. The molecular formula is C26H45N3O2. The summed E-state index contributed by atoms with van der Waals surface area (Å²) in [5.41, 5.74) is 4.37. The van der Waals surface area contributed by atoms with E-state index in [0.717, 1.165) is 25.1 Å². The Labute approximate surface area is 190 Å². The van der Waals surface area contributed by atoms with Crippen molar-refractivity contribution in [3.8, 4) is 0 Å². The fourth-order valence-electron chi connectivity index (χ4n) is 4.00. The predicted octanol–water partition coefficient (Wildman–Crippen LogP) is 6.58.